The van der Waals surface area contributed by atoms with Crippen LogP contribution in [-0.4, -0.2) is 46.1 Å². The molecule has 0 aliphatic carbocycles. The van der Waals surface area contributed by atoms with E-state index in [9.17, 15) is 4.79 Å². The summed E-state index contributed by atoms with van der Waals surface area (Å²) in [6, 6.07) is 17.8. The molecule has 5 rings (SSSR count). The second-order valence-corrected chi connectivity index (χ2v) is 8.61. The van der Waals surface area contributed by atoms with E-state index in [1.807, 2.05) is 61.5 Å². The van der Waals surface area contributed by atoms with Crippen LogP contribution in [0.4, 0.5) is 5.82 Å². The minimum Gasteiger partial charge on any atom is -0.486 e. The number of nitrogens with one attached hydrogen (secondary N) is 1. The third-order valence-corrected chi connectivity index (χ3v) is 6.05. The Balaban J connectivity index is 1.47. The topological polar surface area (TPSA) is 93.2 Å². The van der Waals surface area contributed by atoms with Crippen molar-refractivity contribution in [2.24, 2.45) is 5.92 Å². The fraction of sp³-hybridized carbons (Fsp3) is 0.308. The Bertz CT molecular complexity index is 1300. The van der Waals surface area contributed by atoms with Crippen LogP contribution in [0.5, 0.6) is 5.75 Å². The van der Waals surface area contributed by atoms with Gasteiger partial charge in [-0.1, -0.05) is 42.5 Å². The Hall–Kier alpha value is -3.94. The van der Waals surface area contributed by atoms with Crippen molar-refractivity contribution in [2.45, 2.75) is 26.4 Å². The first-order chi connectivity index (χ1) is 16.6. The zero-order chi connectivity index (χ0) is 23.5. The molecule has 8 heteroatoms. The van der Waals surface area contributed by atoms with E-state index in [4.69, 9.17) is 24.4 Å². The van der Waals surface area contributed by atoms with Crippen LogP contribution in [0.1, 0.15) is 24.2 Å². The summed E-state index contributed by atoms with van der Waals surface area (Å²) in [7, 11) is 1.43. The van der Waals surface area contributed by atoms with E-state index in [0.29, 0.717) is 30.3 Å². The molecule has 0 spiro atoms. The van der Waals surface area contributed by atoms with Crippen molar-refractivity contribution in [1.29, 1.82) is 0 Å². The first kappa shape index (κ1) is 21.9. The van der Waals surface area contributed by atoms with E-state index in [2.05, 4.69) is 9.88 Å². The number of fused-ring (bicyclic) bond motifs is 1. The number of hydrogen-bond acceptors (Lipinski definition) is 7. The van der Waals surface area contributed by atoms with E-state index in [-0.39, 0.29) is 11.9 Å². The van der Waals surface area contributed by atoms with E-state index >= 15 is 0 Å². The number of imidazole rings is 1. The van der Waals surface area contributed by atoms with Crippen molar-refractivity contribution < 1.29 is 14.3 Å². The van der Waals surface area contributed by atoms with Crippen molar-refractivity contribution >= 4 is 23.0 Å². The zero-order valence-electron chi connectivity index (χ0n) is 19.3. The number of ether oxygens (including phenoxy) is 2. The van der Waals surface area contributed by atoms with Gasteiger partial charge in [0.25, 0.3) is 0 Å². The van der Waals surface area contributed by atoms with E-state index in [1.165, 1.54) is 7.11 Å². The number of aromatic amines is 1. The highest BCUT2D eigenvalue weighted by Crippen LogP contribution is 2.31. The van der Waals surface area contributed by atoms with E-state index < -0.39 is 0 Å². The summed E-state index contributed by atoms with van der Waals surface area (Å²) in [6.45, 7) is 3.86. The van der Waals surface area contributed by atoms with Gasteiger partial charge in [0, 0.05) is 18.7 Å². The molecule has 174 valence electrons. The van der Waals surface area contributed by atoms with Gasteiger partial charge < -0.3 is 19.4 Å². The molecule has 0 radical (unpaired) electrons. The van der Waals surface area contributed by atoms with Crippen molar-refractivity contribution in [3.63, 3.8) is 0 Å². The van der Waals surface area contributed by atoms with Crippen LogP contribution in [0, 0.1) is 12.8 Å². The number of H-pyrrole nitrogens is 1. The van der Waals surface area contributed by atoms with Crippen LogP contribution < -0.4 is 9.64 Å². The van der Waals surface area contributed by atoms with Crippen molar-refractivity contribution in [2.75, 3.05) is 25.1 Å². The van der Waals surface area contributed by atoms with Crippen LogP contribution in [-0.2, 0) is 16.1 Å². The number of esters is 1. The Morgan fingerprint density at radius 3 is 2.76 bits per heavy atom. The fourth-order valence-electron chi connectivity index (χ4n) is 4.31. The maximum Gasteiger partial charge on any atom is 0.305 e. The molecule has 1 unspecified atom stereocenters. The molecule has 0 amide bonds. The largest absolute Gasteiger partial charge is 0.486 e. The molecule has 8 nitrogen and oxygen atoms in total. The molecular formula is C26H27N5O3. The average Bonchev–Trinajstić information content (AvgIpc) is 3.49. The third-order valence-electron chi connectivity index (χ3n) is 6.05. The van der Waals surface area contributed by atoms with E-state index in [1.54, 1.807) is 0 Å². The molecule has 2 aromatic carbocycles. The normalized spacial score (nSPS) is 15.6. The summed E-state index contributed by atoms with van der Waals surface area (Å²) in [5.74, 6) is 2.94. The number of methoxy groups -OCH3 is 1. The van der Waals surface area contributed by atoms with Crippen LogP contribution in [0.2, 0.25) is 0 Å². The number of carbonyl (C=O) groups excluding carboxylic acids is 1. The standard InChI is InChI=1S/C26H27N5O3/c1-17-7-6-10-20(13-17)34-16-21-27-23-25(28-21)29-24(19-8-4-3-5-9-19)30-26(23)31-12-11-18(15-31)14-22(32)33-2/h3-10,13,18H,11-12,14-16H2,1-2H3,(H,27,28,29,30). The van der Waals surface area contributed by atoms with Gasteiger partial charge >= 0.3 is 5.97 Å². The maximum absolute atomic E-state index is 11.8. The molecule has 1 fully saturated rings. The summed E-state index contributed by atoms with van der Waals surface area (Å²) in [4.78, 5) is 31.7. The Labute approximate surface area is 198 Å². The van der Waals surface area contributed by atoms with Crippen LogP contribution in [0.3, 0.4) is 0 Å². The molecule has 1 saturated heterocycles. The first-order valence-electron chi connectivity index (χ1n) is 11.4. The second kappa shape index (κ2) is 9.51. The van der Waals surface area contributed by atoms with Crippen LogP contribution in [0.25, 0.3) is 22.6 Å². The van der Waals surface area contributed by atoms with Gasteiger partial charge in [0.05, 0.1) is 13.5 Å². The number of carbonyl (C=O) groups is 1. The van der Waals surface area contributed by atoms with Crippen molar-refractivity contribution in [3.8, 4) is 17.1 Å². The molecule has 2 aromatic heterocycles. The monoisotopic (exact) mass is 457 g/mol. The molecule has 0 bridgehead atoms. The number of rotatable bonds is 7. The summed E-state index contributed by atoms with van der Waals surface area (Å²) in [5.41, 5.74) is 3.44. The van der Waals surface area contributed by atoms with Crippen molar-refractivity contribution in [1.82, 2.24) is 19.9 Å². The SMILES string of the molecule is COC(=O)CC1CCN(c2nc(-c3ccccc3)nc3nc(COc4cccc(C)c4)[nH]c23)C1. The average molecular weight is 458 g/mol. The summed E-state index contributed by atoms with van der Waals surface area (Å²) in [6.07, 6.45) is 1.31. The van der Waals surface area contributed by atoms with Crippen molar-refractivity contribution in [3.05, 3.63) is 66.0 Å². The van der Waals surface area contributed by atoms with Gasteiger partial charge in [-0.3, -0.25) is 4.79 Å². The van der Waals surface area contributed by atoms with Gasteiger partial charge in [0.15, 0.2) is 17.3 Å². The number of anilines is 1. The van der Waals surface area contributed by atoms with Crippen LogP contribution in [0.15, 0.2) is 54.6 Å². The van der Waals surface area contributed by atoms with E-state index in [0.717, 1.165) is 47.7 Å². The molecule has 1 N–H and O–H groups in total. The van der Waals surface area contributed by atoms with Gasteiger partial charge in [-0.2, -0.15) is 0 Å². The van der Waals surface area contributed by atoms with Gasteiger partial charge in [0.1, 0.15) is 23.7 Å². The highest BCUT2D eigenvalue weighted by atomic mass is 16.5. The molecule has 34 heavy (non-hydrogen) atoms. The Kier molecular flexibility index (Phi) is 6.12. The number of nitrogens with zero attached hydrogens (tertiary/aromatic N) is 4. The number of benzene rings is 2. The molecular weight excluding hydrogens is 430 g/mol. The molecule has 1 aliphatic heterocycles. The summed E-state index contributed by atoms with van der Waals surface area (Å²) in [5, 5.41) is 0. The number of aromatic nitrogens is 4. The predicted molar refractivity (Wildman–Crippen MR) is 130 cm³/mol. The quantitative estimate of drug-likeness (QED) is 0.414. The highest BCUT2D eigenvalue weighted by molar-refractivity contribution is 5.86. The maximum atomic E-state index is 11.8. The molecule has 1 aliphatic rings. The lowest BCUT2D eigenvalue weighted by atomic mass is 10.1. The lowest BCUT2D eigenvalue weighted by Crippen LogP contribution is -2.22. The van der Waals surface area contributed by atoms with Gasteiger partial charge in [-0.25, -0.2) is 15.0 Å². The Morgan fingerprint density at radius 1 is 1.12 bits per heavy atom. The van der Waals surface area contributed by atoms with Gasteiger partial charge in [-0.05, 0) is 37.0 Å². The molecule has 1 atom stereocenters. The highest BCUT2D eigenvalue weighted by Gasteiger charge is 2.28. The van der Waals surface area contributed by atoms with Gasteiger partial charge in [0.2, 0.25) is 0 Å². The first-order valence-corrected chi connectivity index (χ1v) is 11.4. The lowest BCUT2D eigenvalue weighted by Gasteiger charge is -2.18. The van der Waals surface area contributed by atoms with Gasteiger partial charge in [-0.15, -0.1) is 0 Å². The molecule has 3 heterocycles. The fourth-order valence-corrected chi connectivity index (χ4v) is 4.31. The number of hydrogen-bond donors (Lipinski definition) is 1. The summed E-state index contributed by atoms with van der Waals surface area (Å²) >= 11 is 0. The Morgan fingerprint density at radius 2 is 1.97 bits per heavy atom. The minimum atomic E-state index is -0.179. The lowest BCUT2D eigenvalue weighted by molar-refractivity contribution is -0.141. The predicted octanol–water partition coefficient (Wildman–Crippen LogP) is 4.30. The van der Waals surface area contributed by atoms with Crippen LogP contribution >= 0.6 is 0 Å². The minimum absolute atomic E-state index is 0.179. The third kappa shape index (κ3) is 4.71. The second-order valence-electron chi connectivity index (χ2n) is 8.61. The molecule has 4 aromatic rings. The number of aryl methyl sites for hydroxylation is 1. The smallest absolute Gasteiger partial charge is 0.305 e. The summed E-state index contributed by atoms with van der Waals surface area (Å²) < 4.78 is 10.8. The molecule has 0 saturated carbocycles. The zero-order valence-corrected chi connectivity index (χ0v) is 19.3.